The Kier molecular flexibility index (Phi) is 2.92. The largest absolute Gasteiger partial charge is 0.459 e. The summed E-state index contributed by atoms with van der Waals surface area (Å²) < 4.78 is 11.4. The third kappa shape index (κ3) is 2.04. The van der Waals surface area contributed by atoms with Crippen LogP contribution in [0.5, 0.6) is 0 Å². The lowest BCUT2D eigenvalue weighted by Gasteiger charge is -2.41. The summed E-state index contributed by atoms with van der Waals surface area (Å²) in [5.41, 5.74) is 0. The Morgan fingerprint density at radius 1 is 1.41 bits per heavy atom. The lowest BCUT2D eigenvalue weighted by molar-refractivity contribution is -0.163. The molecule has 1 aliphatic carbocycles. The zero-order chi connectivity index (χ0) is 13.0. The molecule has 0 spiro atoms. The van der Waals surface area contributed by atoms with E-state index in [2.05, 4.69) is 33.9 Å². The molecule has 0 radical (unpaired) electrons. The fraction of sp³-hybridized carbons (Fsp3) is 0.917. The second-order valence-corrected chi connectivity index (χ2v) is 11.4. The molecule has 2 aliphatic rings. The van der Waals surface area contributed by atoms with Gasteiger partial charge in [-0.05, 0) is 18.1 Å². The minimum absolute atomic E-state index is 0.0958. The van der Waals surface area contributed by atoms with E-state index < -0.39 is 14.4 Å². The SMILES string of the molecule is CC(C)(C)[Si](C)(C)O[C@@H]1[C@@H](O)[C@@H]2C[C@H]1OC2=O. The van der Waals surface area contributed by atoms with Gasteiger partial charge >= 0.3 is 5.97 Å². The molecular weight excluding hydrogens is 236 g/mol. The number of rotatable bonds is 2. The van der Waals surface area contributed by atoms with Gasteiger partial charge in [-0.2, -0.15) is 0 Å². The van der Waals surface area contributed by atoms with Gasteiger partial charge in [0.05, 0.1) is 12.0 Å². The van der Waals surface area contributed by atoms with E-state index in [-0.39, 0.29) is 29.1 Å². The van der Waals surface area contributed by atoms with Gasteiger partial charge in [-0.25, -0.2) is 0 Å². The molecule has 1 saturated carbocycles. The second-order valence-electron chi connectivity index (χ2n) is 6.65. The van der Waals surface area contributed by atoms with Gasteiger partial charge in [0.15, 0.2) is 8.32 Å². The number of hydrogen-bond acceptors (Lipinski definition) is 4. The summed E-state index contributed by atoms with van der Waals surface area (Å²) in [6, 6.07) is 0. The molecule has 5 heteroatoms. The maximum absolute atomic E-state index is 11.3. The lowest BCUT2D eigenvalue weighted by atomic mass is 10.1. The Labute approximate surface area is 103 Å². The highest BCUT2D eigenvalue weighted by molar-refractivity contribution is 6.74. The average molecular weight is 258 g/mol. The Hall–Kier alpha value is -0.393. The van der Waals surface area contributed by atoms with Crippen molar-refractivity contribution in [2.75, 3.05) is 0 Å². The molecule has 2 rings (SSSR count). The van der Waals surface area contributed by atoms with Gasteiger partial charge in [-0.15, -0.1) is 0 Å². The van der Waals surface area contributed by atoms with E-state index >= 15 is 0 Å². The molecule has 98 valence electrons. The molecule has 0 aromatic carbocycles. The van der Waals surface area contributed by atoms with E-state index in [0.29, 0.717) is 6.42 Å². The normalized spacial score (nSPS) is 37.4. The molecule has 1 heterocycles. The van der Waals surface area contributed by atoms with E-state index in [0.717, 1.165) is 0 Å². The molecule has 1 N–H and O–H groups in total. The number of aliphatic hydroxyl groups is 1. The standard InChI is InChI=1S/C12H22O4Si/c1-12(2,3)17(4,5)16-10-8-6-7(9(10)13)11(14)15-8/h7-10,13H,6H2,1-5H3/t7-,8+,9-,10-/m0/s1. The highest BCUT2D eigenvalue weighted by Crippen LogP contribution is 2.44. The molecule has 1 saturated heterocycles. The van der Waals surface area contributed by atoms with Gasteiger partial charge in [-0.1, -0.05) is 20.8 Å². The predicted octanol–water partition coefficient (Wildman–Crippen LogP) is 1.68. The Balaban J connectivity index is 2.09. The summed E-state index contributed by atoms with van der Waals surface area (Å²) in [5.74, 6) is -0.632. The van der Waals surface area contributed by atoms with Crippen molar-refractivity contribution < 1.29 is 19.1 Å². The molecule has 0 unspecified atom stereocenters. The first-order valence-corrected chi connectivity index (χ1v) is 9.11. The molecule has 17 heavy (non-hydrogen) atoms. The number of hydrogen-bond donors (Lipinski definition) is 1. The van der Waals surface area contributed by atoms with E-state index in [9.17, 15) is 9.90 Å². The number of fused-ring (bicyclic) bond motifs is 2. The van der Waals surface area contributed by atoms with E-state index in [4.69, 9.17) is 9.16 Å². The van der Waals surface area contributed by atoms with Crippen molar-refractivity contribution in [2.45, 2.75) is 63.6 Å². The van der Waals surface area contributed by atoms with Gasteiger partial charge in [-0.3, -0.25) is 4.79 Å². The van der Waals surface area contributed by atoms with E-state index in [1.165, 1.54) is 0 Å². The van der Waals surface area contributed by atoms with Gasteiger partial charge < -0.3 is 14.3 Å². The van der Waals surface area contributed by atoms with Crippen LogP contribution in [0.3, 0.4) is 0 Å². The molecular formula is C12H22O4Si. The van der Waals surface area contributed by atoms with Gasteiger partial charge in [0.2, 0.25) is 0 Å². The monoisotopic (exact) mass is 258 g/mol. The summed E-state index contributed by atoms with van der Waals surface area (Å²) in [4.78, 5) is 11.3. The molecule has 2 fully saturated rings. The summed E-state index contributed by atoms with van der Waals surface area (Å²) >= 11 is 0. The van der Waals surface area contributed by atoms with Crippen LogP contribution in [0, 0.1) is 5.92 Å². The average Bonchev–Trinajstić information content (AvgIpc) is 2.64. The summed E-state index contributed by atoms with van der Waals surface area (Å²) in [5, 5.41) is 10.2. The number of aliphatic hydroxyl groups excluding tert-OH is 1. The van der Waals surface area contributed by atoms with Crippen molar-refractivity contribution in [1.29, 1.82) is 0 Å². The van der Waals surface area contributed by atoms with Crippen LogP contribution in [0.2, 0.25) is 18.1 Å². The van der Waals surface area contributed by atoms with E-state index in [1.54, 1.807) is 0 Å². The Morgan fingerprint density at radius 3 is 2.41 bits per heavy atom. The topological polar surface area (TPSA) is 55.8 Å². The van der Waals surface area contributed by atoms with Crippen molar-refractivity contribution in [3.63, 3.8) is 0 Å². The van der Waals surface area contributed by atoms with Crippen molar-refractivity contribution in [2.24, 2.45) is 5.92 Å². The van der Waals surface area contributed by atoms with Crippen LogP contribution in [-0.2, 0) is 14.0 Å². The third-order valence-corrected chi connectivity index (χ3v) is 8.88. The third-order valence-electron chi connectivity index (χ3n) is 4.41. The Bertz CT molecular complexity index is 332. The van der Waals surface area contributed by atoms with Gasteiger partial charge in [0.1, 0.15) is 12.2 Å². The first kappa shape index (κ1) is 13.0. The highest BCUT2D eigenvalue weighted by Gasteiger charge is 2.57. The smallest absolute Gasteiger partial charge is 0.312 e. The Morgan fingerprint density at radius 2 is 2.00 bits per heavy atom. The zero-order valence-electron chi connectivity index (χ0n) is 11.2. The fourth-order valence-electron chi connectivity index (χ4n) is 2.22. The zero-order valence-corrected chi connectivity index (χ0v) is 12.2. The lowest BCUT2D eigenvalue weighted by Crippen LogP contribution is -2.51. The number of esters is 1. The predicted molar refractivity (Wildman–Crippen MR) is 66.1 cm³/mol. The summed E-state index contributed by atoms with van der Waals surface area (Å²) in [7, 11) is -1.92. The molecule has 0 aromatic rings. The fourth-order valence-corrected chi connectivity index (χ4v) is 3.55. The molecule has 4 nitrogen and oxygen atoms in total. The molecule has 0 amide bonds. The van der Waals surface area contributed by atoms with E-state index in [1.807, 2.05) is 0 Å². The van der Waals surface area contributed by atoms with Crippen LogP contribution >= 0.6 is 0 Å². The minimum atomic E-state index is -1.92. The quantitative estimate of drug-likeness (QED) is 0.605. The first-order chi connectivity index (χ1) is 7.63. The molecule has 0 aromatic heterocycles. The van der Waals surface area contributed by atoms with Gasteiger partial charge in [0, 0.05) is 6.42 Å². The van der Waals surface area contributed by atoms with Crippen LogP contribution in [0.15, 0.2) is 0 Å². The number of carbonyl (C=O) groups is 1. The van der Waals surface area contributed by atoms with Crippen LogP contribution in [0.25, 0.3) is 0 Å². The van der Waals surface area contributed by atoms with Crippen LogP contribution < -0.4 is 0 Å². The molecule has 1 aliphatic heterocycles. The van der Waals surface area contributed by atoms with Crippen LogP contribution in [-0.4, -0.2) is 37.7 Å². The minimum Gasteiger partial charge on any atom is -0.459 e. The van der Waals surface area contributed by atoms with Crippen molar-refractivity contribution in [1.82, 2.24) is 0 Å². The van der Waals surface area contributed by atoms with Crippen molar-refractivity contribution in [3.05, 3.63) is 0 Å². The number of ether oxygens (including phenoxy) is 1. The first-order valence-electron chi connectivity index (χ1n) is 6.20. The van der Waals surface area contributed by atoms with Crippen molar-refractivity contribution >= 4 is 14.3 Å². The second kappa shape index (κ2) is 3.80. The summed E-state index contributed by atoms with van der Waals surface area (Å²) in [6.45, 7) is 10.8. The highest BCUT2D eigenvalue weighted by atomic mass is 28.4. The number of carbonyl (C=O) groups excluding carboxylic acids is 1. The summed E-state index contributed by atoms with van der Waals surface area (Å²) in [6.07, 6.45) is -0.634. The van der Waals surface area contributed by atoms with Crippen molar-refractivity contribution in [3.8, 4) is 0 Å². The van der Waals surface area contributed by atoms with Gasteiger partial charge in [0.25, 0.3) is 0 Å². The van der Waals surface area contributed by atoms with Crippen LogP contribution in [0.1, 0.15) is 27.2 Å². The maximum Gasteiger partial charge on any atom is 0.312 e. The molecule has 4 atom stereocenters. The maximum atomic E-state index is 11.3. The van der Waals surface area contributed by atoms with Crippen LogP contribution in [0.4, 0.5) is 0 Å². The molecule has 2 bridgehead atoms.